The van der Waals surface area contributed by atoms with E-state index in [2.05, 4.69) is 10.3 Å². The molecule has 1 aromatic heterocycles. The van der Waals surface area contributed by atoms with Gasteiger partial charge in [0.2, 0.25) is 0 Å². The third-order valence-electron chi connectivity index (χ3n) is 3.00. The van der Waals surface area contributed by atoms with Crippen LogP contribution in [0.15, 0.2) is 16.8 Å². The number of aliphatic carboxylic acids is 1. The number of aliphatic hydroxyl groups is 1. The molecule has 1 saturated carbocycles. The van der Waals surface area contributed by atoms with Crippen molar-refractivity contribution in [3.05, 3.63) is 22.4 Å². The van der Waals surface area contributed by atoms with Crippen molar-refractivity contribution in [1.82, 2.24) is 4.90 Å². The summed E-state index contributed by atoms with van der Waals surface area (Å²) in [6.07, 6.45) is 2.19. The molecular formula is C12H17NO3S. The number of rotatable bonds is 6. The SMILES string of the molecule is CC(O)(CN(Cc1ccsc1)C1CC1)C(=O)O. The zero-order valence-corrected chi connectivity index (χ0v) is 10.6. The minimum Gasteiger partial charge on any atom is -0.479 e. The first kappa shape index (κ1) is 12.5. The van der Waals surface area contributed by atoms with E-state index in [0.717, 1.165) is 19.4 Å². The predicted octanol–water partition coefficient (Wildman–Crippen LogP) is 1.55. The molecule has 2 N–H and O–H groups in total. The lowest BCUT2D eigenvalue weighted by molar-refractivity contribution is -0.158. The quantitative estimate of drug-likeness (QED) is 0.809. The van der Waals surface area contributed by atoms with Crippen LogP contribution in [0.4, 0.5) is 0 Å². The van der Waals surface area contributed by atoms with Crippen LogP contribution in [0, 0.1) is 0 Å². The summed E-state index contributed by atoms with van der Waals surface area (Å²) < 4.78 is 0. The van der Waals surface area contributed by atoms with Crippen LogP contribution in [0.3, 0.4) is 0 Å². The van der Waals surface area contributed by atoms with Crippen LogP contribution in [0.1, 0.15) is 25.3 Å². The van der Waals surface area contributed by atoms with Gasteiger partial charge in [0.25, 0.3) is 0 Å². The van der Waals surface area contributed by atoms with E-state index in [1.165, 1.54) is 12.5 Å². The Morgan fingerprint density at radius 1 is 1.65 bits per heavy atom. The number of nitrogens with zero attached hydrogens (tertiary/aromatic N) is 1. The van der Waals surface area contributed by atoms with E-state index in [4.69, 9.17) is 5.11 Å². The van der Waals surface area contributed by atoms with Crippen molar-refractivity contribution >= 4 is 17.3 Å². The van der Waals surface area contributed by atoms with Crippen molar-refractivity contribution in [2.75, 3.05) is 6.54 Å². The smallest absolute Gasteiger partial charge is 0.336 e. The van der Waals surface area contributed by atoms with E-state index in [1.54, 1.807) is 11.3 Å². The van der Waals surface area contributed by atoms with Gasteiger partial charge in [0, 0.05) is 19.1 Å². The van der Waals surface area contributed by atoms with Gasteiger partial charge >= 0.3 is 5.97 Å². The third-order valence-corrected chi connectivity index (χ3v) is 3.73. The molecule has 0 amide bonds. The van der Waals surface area contributed by atoms with Gasteiger partial charge in [-0.1, -0.05) is 0 Å². The molecule has 1 aliphatic rings. The highest BCUT2D eigenvalue weighted by molar-refractivity contribution is 7.07. The maximum atomic E-state index is 10.9. The molecule has 17 heavy (non-hydrogen) atoms. The summed E-state index contributed by atoms with van der Waals surface area (Å²) in [5.41, 5.74) is -0.485. The molecule has 0 aliphatic heterocycles. The lowest BCUT2D eigenvalue weighted by Gasteiger charge is -2.28. The number of hydrogen-bond donors (Lipinski definition) is 2. The van der Waals surface area contributed by atoms with E-state index in [0.29, 0.717) is 6.04 Å². The molecule has 2 rings (SSSR count). The number of hydrogen-bond acceptors (Lipinski definition) is 4. The molecule has 1 aromatic rings. The molecule has 1 fully saturated rings. The van der Waals surface area contributed by atoms with Gasteiger partial charge in [-0.2, -0.15) is 11.3 Å². The van der Waals surface area contributed by atoms with E-state index in [1.807, 2.05) is 11.4 Å². The van der Waals surface area contributed by atoms with Crippen molar-refractivity contribution in [2.24, 2.45) is 0 Å². The zero-order valence-electron chi connectivity index (χ0n) is 9.80. The fourth-order valence-electron chi connectivity index (χ4n) is 1.83. The van der Waals surface area contributed by atoms with Gasteiger partial charge in [0.1, 0.15) is 0 Å². The second-order valence-corrected chi connectivity index (χ2v) is 5.63. The Labute approximate surface area is 104 Å². The molecular weight excluding hydrogens is 238 g/mol. The van der Waals surface area contributed by atoms with Gasteiger partial charge in [0.05, 0.1) is 0 Å². The maximum absolute atomic E-state index is 10.9. The normalized spacial score (nSPS) is 19.2. The standard InChI is InChI=1S/C12H17NO3S/c1-12(16,11(14)15)8-13(10-2-3-10)6-9-4-5-17-7-9/h4-5,7,10,16H,2-3,6,8H2,1H3,(H,14,15). The molecule has 0 spiro atoms. The van der Waals surface area contributed by atoms with Gasteiger partial charge in [0.15, 0.2) is 5.60 Å². The fraction of sp³-hybridized carbons (Fsp3) is 0.583. The van der Waals surface area contributed by atoms with Gasteiger partial charge in [-0.05, 0) is 42.2 Å². The monoisotopic (exact) mass is 255 g/mol. The van der Waals surface area contributed by atoms with Crippen molar-refractivity contribution in [2.45, 2.75) is 38.0 Å². The molecule has 0 bridgehead atoms. The summed E-state index contributed by atoms with van der Waals surface area (Å²) in [4.78, 5) is 13.0. The highest BCUT2D eigenvalue weighted by Gasteiger charge is 2.38. The van der Waals surface area contributed by atoms with Gasteiger partial charge in [-0.3, -0.25) is 4.90 Å². The van der Waals surface area contributed by atoms with E-state index < -0.39 is 11.6 Å². The van der Waals surface area contributed by atoms with E-state index >= 15 is 0 Å². The summed E-state index contributed by atoms with van der Waals surface area (Å²) in [6, 6.07) is 2.47. The van der Waals surface area contributed by atoms with Crippen LogP contribution >= 0.6 is 11.3 Å². The Morgan fingerprint density at radius 3 is 2.82 bits per heavy atom. The number of carboxylic acids is 1. The number of carboxylic acid groups (broad SMARTS) is 1. The van der Waals surface area contributed by atoms with Gasteiger partial charge in [-0.15, -0.1) is 0 Å². The molecule has 1 aliphatic carbocycles. The van der Waals surface area contributed by atoms with Crippen molar-refractivity contribution < 1.29 is 15.0 Å². The Kier molecular flexibility index (Phi) is 3.51. The number of thiophene rings is 1. The molecule has 1 unspecified atom stereocenters. The predicted molar refractivity (Wildman–Crippen MR) is 66.0 cm³/mol. The van der Waals surface area contributed by atoms with Crippen LogP contribution in [0.5, 0.6) is 0 Å². The summed E-state index contributed by atoms with van der Waals surface area (Å²) >= 11 is 1.63. The molecule has 94 valence electrons. The fourth-order valence-corrected chi connectivity index (χ4v) is 2.49. The summed E-state index contributed by atoms with van der Waals surface area (Å²) in [5, 5.41) is 22.8. The average Bonchev–Trinajstić information content (AvgIpc) is 2.97. The van der Waals surface area contributed by atoms with E-state index in [9.17, 15) is 9.90 Å². The van der Waals surface area contributed by atoms with E-state index in [-0.39, 0.29) is 6.54 Å². The minimum atomic E-state index is -1.67. The van der Waals surface area contributed by atoms with Crippen molar-refractivity contribution in [3.8, 4) is 0 Å². The Hall–Kier alpha value is -0.910. The maximum Gasteiger partial charge on any atom is 0.336 e. The third kappa shape index (κ3) is 3.28. The second-order valence-electron chi connectivity index (χ2n) is 4.85. The Balaban J connectivity index is 2.00. The molecule has 0 saturated heterocycles. The molecule has 0 aromatic carbocycles. The van der Waals surface area contributed by atoms with Crippen LogP contribution in [0.25, 0.3) is 0 Å². The first-order chi connectivity index (χ1) is 7.99. The molecule has 5 heteroatoms. The van der Waals surface area contributed by atoms with Crippen LogP contribution in [-0.2, 0) is 11.3 Å². The lowest BCUT2D eigenvalue weighted by Crippen LogP contribution is -2.47. The van der Waals surface area contributed by atoms with Crippen LogP contribution in [-0.4, -0.2) is 39.3 Å². The first-order valence-electron chi connectivity index (χ1n) is 5.70. The highest BCUT2D eigenvalue weighted by Crippen LogP contribution is 2.30. The van der Waals surface area contributed by atoms with Crippen molar-refractivity contribution in [3.63, 3.8) is 0 Å². The van der Waals surface area contributed by atoms with Gasteiger partial charge < -0.3 is 10.2 Å². The van der Waals surface area contributed by atoms with Crippen LogP contribution < -0.4 is 0 Å². The Bertz CT molecular complexity index is 384. The molecule has 4 nitrogen and oxygen atoms in total. The highest BCUT2D eigenvalue weighted by atomic mass is 32.1. The topological polar surface area (TPSA) is 60.8 Å². The average molecular weight is 255 g/mol. The largest absolute Gasteiger partial charge is 0.479 e. The molecule has 1 heterocycles. The molecule has 0 radical (unpaired) electrons. The molecule has 1 atom stereocenters. The van der Waals surface area contributed by atoms with Crippen molar-refractivity contribution in [1.29, 1.82) is 0 Å². The minimum absolute atomic E-state index is 0.183. The zero-order chi connectivity index (χ0) is 12.5. The lowest BCUT2D eigenvalue weighted by atomic mass is 10.1. The summed E-state index contributed by atoms with van der Waals surface area (Å²) in [6.45, 7) is 2.26. The second kappa shape index (κ2) is 4.76. The summed E-state index contributed by atoms with van der Waals surface area (Å²) in [5.74, 6) is -1.16. The summed E-state index contributed by atoms with van der Waals surface area (Å²) in [7, 11) is 0. The van der Waals surface area contributed by atoms with Gasteiger partial charge in [-0.25, -0.2) is 4.79 Å². The number of carbonyl (C=O) groups is 1. The first-order valence-corrected chi connectivity index (χ1v) is 6.64. The van der Waals surface area contributed by atoms with Crippen LogP contribution in [0.2, 0.25) is 0 Å². The Morgan fingerprint density at radius 2 is 2.35 bits per heavy atom.